The van der Waals surface area contributed by atoms with Gasteiger partial charge in [-0.2, -0.15) is 0 Å². The van der Waals surface area contributed by atoms with Crippen LogP contribution in [-0.2, 0) is 0 Å². The maximum Gasteiger partial charge on any atom is 0.355 e. The van der Waals surface area contributed by atoms with E-state index in [0.717, 1.165) is 16.8 Å². The number of aromatic nitrogens is 1. The zero-order valence-electron chi connectivity index (χ0n) is 14.9. The summed E-state index contributed by atoms with van der Waals surface area (Å²) in [6, 6.07) is 11.3. The monoisotopic (exact) mass is 390 g/mol. The van der Waals surface area contributed by atoms with Crippen LogP contribution in [0.5, 0.6) is 0 Å². The van der Waals surface area contributed by atoms with E-state index < -0.39 is 5.97 Å². The smallest absolute Gasteiger partial charge is 0.355 e. The average molecular weight is 391 g/mol. The highest BCUT2D eigenvalue weighted by Gasteiger charge is 2.28. The van der Waals surface area contributed by atoms with Crippen LogP contribution in [0.4, 0.5) is 5.69 Å². The number of aryl methyl sites for hydroxylation is 1. The highest BCUT2D eigenvalue weighted by molar-refractivity contribution is 6.46. The minimum absolute atomic E-state index is 0.191. The van der Waals surface area contributed by atoms with E-state index in [9.17, 15) is 9.90 Å². The number of hydrogen-bond acceptors (Lipinski definition) is 2. The fourth-order valence-corrected chi connectivity index (χ4v) is 3.71. The number of anilines is 1. The Kier molecular flexibility index (Phi) is 5.17. The third kappa shape index (κ3) is 2.93. The predicted molar refractivity (Wildman–Crippen MR) is 109 cm³/mol. The number of carboxylic acid groups (broad SMARTS) is 1. The second-order valence-electron chi connectivity index (χ2n) is 6.10. The molecule has 0 spiro atoms. The summed E-state index contributed by atoms with van der Waals surface area (Å²) in [7, 11) is 0. The van der Waals surface area contributed by atoms with Gasteiger partial charge < -0.3 is 14.6 Å². The standard InChI is InChI=1S/C20H20Cl2N2O2/c1-4-23(5-2)18-16-15(11-10-14(21)17(16)22)24(19(18)20(25)26)13-8-6-12(3)7-9-13/h6-11H,4-5H2,1-3H3,(H,25,26). The Morgan fingerprint density at radius 2 is 1.69 bits per heavy atom. The largest absolute Gasteiger partial charge is 0.476 e. The summed E-state index contributed by atoms with van der Waals surface area (Å²) >= 11 is 12.8. The minimum Gasteiger partial charge on any atom is -0.476 e. The molecule has 0 atom stereocenters. The van der Waals surface area contributed by atoms with Gasteiger partial charge in [-0.05, 0) is 45.0 Å². The van der Waals surface area contributed by atoms with Gasteiger partial charge >= 0.3 is 5.97 Å². The van der Waals surface area contributed by atoms with E-state index in [0.29, 0.717) is 34.2 Å². The molecule has 0 radical (unpaired) electrons. The molecule has 4 nitrogen and oxygen atoms in total. The molecule has 0 saturated heterocycles. The van der Waals surface area contributed by atoms with Crippen LogP contribution in [-0.4, -0.2) is 28.7 Å². The van der Waals surface area contributed by atoms with E-state index in [1.165, 1.54) is 0 Å². The molecule has 26 heavy (non-hydrogen) atoms. The molecular formula is C20H20Cl2N2O2. The molecule has 1 N–H and O–H groups in total. The normalized spacial score (nSPS) is 11.1. The van der Waals surface area contributed by atoms with Crippen molar-refractivity contribution in [1.82, 2.24) is 4.57 Å². The maximum atomic E-state index is 12.3. The van der Waals surface area contributed by atoms with Crippen LogP contribution in [0, 0.1) is 6.92 Å². The quantitative estimate of drug-likeness (QED) is 0.599. The molecule has 0 bridgehead atoms. The first-order chi connectivity index (χ1) is 12.4. The first kappa shape index (κ1) is 18.6. The lowest BCUT2D eigenvalue weighted by Crippen LogP contribution is -2.24. The van der Waals surface area contributed by atoms with Crippen molar-refractivity contribution < 1.29 is 9.90 Å². The van der Waals surface area contributed by atoms with Crippen LogP contribution < -0.4 is 4.90 Å². The number of halogens is 2. The minimum atomic E-state index is -1.00. The molecule has 0 aliphatic heterocycles. The van der Waals surface area contributed by atoms with Crippen LogP contribution in [0.25, 0.3) is 16.6 Å². The van der Waals surface area contributed by atoms with E-state index >= 15 is 0 Å². The molecule has 0 aliphatic rings. The molecule has 2 aromatic carbocycles. The zero-order valence-corrected chi connectivity index (χ0v) is 16.4. The summed E-state index contributed by atoms with van der Waals surface area (Å²) in [5, 5.41) is 11.5. The van der Waals surface area contributed by atoms with Crippen LogP contribution >= 0.6 is 23.2 Å². The summed E-state index contributed by atoms with van der Waals surface area (Å²) in [6.45, 7) is 7.29. The maximum absolute atomic E-state index is 12.3. The van der Waals surface area contributed by atoms with Gasteiger partial charge in [-0.3, -0.25) is 0 Å². The third-order valence-corrected chi connectivity index (χ3v) is 5.38. The molecule has 1 heterocycles. The molecule has 136 valence electrons. The van der Waals surface area contributed by atoms with Gasteiger partial charge in [-0.1, -0.05) is 40.9 Å². The van der Waals surface area contributed by atoms with Crippen molar-refractivity contribution in [3.05, 3.63) is 57.7 Å². The summed E-state index contributed by atoms with van der Waals surface area (Å²) < 4.78 is 1.74. The fourth-order valence-electron chi connectivity index (χ4n) is 3.30. The Hall–Kier alpha value is -2.17. The van der Waals surface area contributed by atoms with Crippen LogP contribution in [0.2, 0.25) is 10.0 Å². The number of aromatic carboxylic acids is 1. The van der Waals surface area contributed by atoms with Gasteiger partial charge in [0, 0.05) is 24.2 Å². The third-order valence-electron chi connectivity index (χ3n) is 4.57. The SMILES string of the molecule is CCN(CC)c1c(C(=O)O)n(-c2ccc(C)cc2)c2ccc(Cl)c(Cl)c12. The Morgan fingerprint density at radius 3 is 2.23 bits per heavy atom. The lowest BCUT2D eigenvalue weighted by molar-refractivity contribution is 0.0689. The summed E-state index contributed by atoms with van der Waals surface area (Å²) in [6.07, 6.45) is 0. The van der Waals surface area contributed by atoms with E-state index in [1.807, 2.05) is 56.0 Å². The van der Waals surface area contributed by atoms with Crippen molar-refractivity contribution in [2.24, 2.45) is 0 Å². The molecule has 3 aromatic rings. The van der Waals surface area contributed by atoms with E-state index in [-0.39, 0.29) is 5.69 Å². The van der Waals surface area contributed by atoms with Crippen LogP contribution in [0.3, 0.4) is 0 Å². The lowest BCUT2D eigenvalue weighted by atomic mass is 10.2. The van der Waals surface area contributed by atoms with Crippen molar-refractivity contribution in [1.29, 1.82) is 0 Å². The number of carbonyl (C=O) groups is 1. The van der Waals surface area contributed by atoms with Gasteiger partial charge in [-0.15, -0.1) is 0 Å². The molecular weight excluding hydrogens is 371 g/mol. The van der Waals surface area contributed by atoms with Crippen LogP contribution in [0.1, 0.15) is 29.9 Å². The van der Waals surface area contributed by atoms with Gasteiger partial charge in [0.05, 0.1) is 21.2 Å². The van der Waals surface area contributed by atoms with Crippen LogP contribution in [0.15, 0.2) is 36.4 Å². The topological polar surface area (TPSA) is 45.5 Å². The Bertz CT molecular complexity index is 974. The summed E-state index contributed by atoms with van der Waals surface area (Å²) in [5.41, 5.74) is 3.40. The number of nitrogens with zero attached hydrogens (tertiary/aromatic N) is 2. The average Bonchev–Trinajstić information content (AvgIpc) is 2.96. The van der Waals surface area contributed by atoms with Gasteiger partial charge in [0.15, 0.2) is 5.69 Å². The van der Waals surface area contributed by atoms with E-state index in [2.05, 4.69) is 0 Å². The Morgan fingerprint density at radius 1 is 1.08 bits per heavy atom. The molecule has 0 saturated carbocycles. The number of rotatable bonds is 5. The van der Waals surface area contributed by atoms with Crippen molar-refractivity contribution in [3.63, 3.8) is 0 Å². The van der Waals surface area contributed by atoms with Crippen molar-refractivity contribution >= 4 is 45.8 Å². The highest BCUT2D eigenvalue weighted by Crippen LogP contribution is 2.43. The van der Waals surface area contributed by atoms with Crippen molar-refractivity contribution in [2.75, 3.05) is 18.0 Å². The molecule has 6 heteroatoms. The summed E-state index contributed by atoms with van der Waals surface area (Å²) in [4.78, 5) is 14.3. The number of benzene rings is 2. The number of carboxylic acids is 1. The Balaban J connectivity index is 2.51. The van der Waals surface area contributed by atoms with Gasteiger partial charge in [0.2, 0.25) is 0 Å². The number of fused-ring (bicyclic) bond motifs is 1. The van der Waals surface area contributed by atoms with E-state index in [4.69, 9.17) is 23.2 Å². The first-order valence-corrected chi connectivity index (χ1v) is 9.23. The lowest BCUT2D eigenvalue weighted by Gasteiger charge is -2.22. The Labute approximate surface area is 162 Å². The van der Waals surface area contributed by atoms with Gasteiger partial charge in [0.1, 0.15) is 0 Å². The van der Waals surface area contributed by atoms with E-state index in [1.54, 1.807) is 10.6 Å². The number of hydrogen-bond donors (Lipinski definition) is 1. The van der Waals surface area contributed by atoms with Gasteiger partial charge in [0.25, 0.3) is 0 Å². The molecule has 1 aromatic heterocycles. The molecule has 0 unspecified atom stereocenters. The second-order valence-corrected chi connectivity index (χ2v) is 6.89. The molecule has 0 amide bonds. The van der Waals surface area contributed by atoms with Gasteiger partial charge in [-0.25, -0.2) is 4.79 Å². The first-order valence-electron chi connectivity index (χ1n) is 8.48. The molecule has 0 fully saturated rings. The predicted octanol–water partition coefficient (Wildman–Crippen LogP) is 5.79. The highest BCUT2D eigenvalue weighted by atomic mass is 35.5. The zero-order chi connectivity index (χ0) is 19.0. The second kappa shape index (κ2) is 7.22. The molecule has 0 aliphatic carbocycles. The molecule has 3 rings (SSSR count). The van der Waals surface area contributed by atoms with Crippen molar-refractivity contribution in [2.45, 2.75) is 20.8 Å². The van der Waals surface area contributed by atoms with Crippen molar-refractivity contribution in [3.8, 4) is 5.69 Å². The fraction of sp³-hybridized carbons (Fsp3) is 0.250. The summed E-state index contributed by atoms with van der Waals surface area (Å²) in [5.74, 6) is -1.00.